The molecule has 2 rings (SSSR count). The van der Waals surface area contributed by atoms with E-state index in [0.29, 0.717) is 16.2 Å². The fourth-order valence-corrected chi connectivity index (χ4v) is 1.78. The van der Waals surface area contributed by atoms with Gasteiger partial charge in [-0.3, -0.25) is 4.79 Å². The highest BCUT2D eigenvalue weighted by Crippen LogP contribution is 2.32. The summed E-state index contributed by atoms with van der Waals surface area (Å²) in [6.45, 7) is 0. The Bertz CT molecular complexity index is 417. The summed E-state index contributed by atoms with van der Waals surface area (Å²) in [6, 6.07) is 3.29. The molecule has 4 nitrogen and oxygen atoms in total. The van der Waals surface area contributed by atoms with Crippen LogP contribution in [-0.4, -0.2) is 11.9 Å². The molecule has 1 N–H and O–H groups in total. The van der Waals surface area contributed by atoms with Crippen LogP contribution < -0.4 is 5.32 Å². The van der Waals surface area contributed by atoms with Crippen molar-refractivity contribution >= 4 is 21.8 Å². The average Bonchev–Trinajstić information content (AvgIpc) is 2.97. The molecule has 1 heterocycles. The predicted molar refractivity (Wildman–Crippen MR) is 56.0 cm³/mol. The average molecular weight is 269 g/mol. The molecule has 0 saturated heterocycles. The van der Waals surface area contributed by atoms with E-state index in [0.717, 1.165) is 12.8 Å². The zero-order valence-corrected chi connectivity index (χ0v) is 9.45. The van der Waals surface area contributed by atoms with Gasteiger partial charge in [0.1, 0.15) is 6.04 Å². The SMILES string of the molecule is N#CC(NC(=O)c1ccoc1Br)C1CC1. The molecule has 78 valence electrons. The molecule has 0 bridgehead atoms. The van der Waals surface area contributed by atoms with Crippen molar-refractivity contribution in [2.75, 3.05) is 0 Å². The van der Waals surface area contributed by atoms with Crippen LogP contribution in [0.4, 0.5) is 0 Å². The van der Waals surface area contributed by atoms with Gasteiger partial charge in [0.15, 0.2) is 4.67 Å². The molecule has 1 aromatic heterocycles. The summed E-state index contributed by atoms with van der Waals surface area (Å²) in [6.07, 6.45) is 3.47. The molecule has 1 unspecified atom stereocenters. The van der Waals surface area contributed by atoms with E-state index < -0.39 is 0 Å². The van der Waals surface area contributed by atoms with E-state index in [1.54, 1.807) is 6.07 Å². The van der Waals surface area contributed by atoms with Gasteiger partial charge < -0.3 is 9.73 Å². The van der Waals surface area contributed by atoms with Crippen molar-refractivity contribution in [3.05, 3.63) is 22.6 Å². The quantitative estimate of drug-likeness (QED) is 0.913. The first kappa shape index (κ1) is 10.2. The molecular formula is C10H9BrN2O2. The number of carbonyl (C=O) groups is 1. The van der Waals surface area contributed by atoms with E-state index in [4.69, 9.17) is 9.68 Å². The maximum atomic E-state index is 11.7. The Balaban J connectivity index is 2.03. The summed E-state index contributed by atoms with van der Waals surface area (Å²) in [5.41, 5.74) is 0.427. The van der Waals surface area contributed by atoms with Gasteiger partial charge in [-0.05, 0) is 40.8 Å². The van der Waals surface area contributed by atoms with Crippen LogP contribution in [0.1, 0.15) is 23.2 Å². The maximum absolute atomic E-state index is 11.7. The summed E-state index contributed by atoms with van der Waals surface area (Å²) in [5, 5.41) is 11.5. The summed E-state index contributed by atoms with van der Waals surface area (Å²) < 4.78 is 5.35. The Labute approximate surface area is 95.4 Å². The van der Waals surface area contributed by atoms with Gasteiger partial charge in [0.05, 0.1) is 17.9 Å². The van der Waals surface area contributed by atoms with E-state index >= 15 is 0 Å². The first-order chi connectivity index (χ1) is 7.22. The van der Waals surface area contributed by atoms with Crippen molar-refractivity contribution in [2.45, 2.75) is 18.9 Å². The maximum Gasteiger partial charge on any atom is 0.256 e. The van der Waals surface area contributed by atoms with Crippen molar-refractivity contribution in [3.63, 3.8) is 0 Å². The third-order valence-electron chi connectivity index (χ3n) is 2.38. The van der Waals surface area contributed by atoms with Crippen LogP contribution in [0.2, 0.25) is 0 Å². The zero-order valence-electron chi connectivity index (χ0n) is 7.87. The van der Waals surface area contributed by atoms with E-state index in [1.807, 2.05) is 0 Å². The Morgan fingerprint density at radius 2 is 2.47 bits per heavy atom. The highest BCUT2D eigenvalue weighted by atomic mass is 79.9. The molecule has 0 radical (unpaired) electrons. The lowest BCUT2D eigenvalue weighted by atomic mass is 10.2. The monoisotopic (exact) mass is 268 g/mol. The largest absolute Gasteiger partial charge is 0.457 e. The van der Waals surface area contributed by atoms with Crippen LogP contribution in [0.3, 0.4) is 0 Å². The van der Waals surface area contributed by atoms with Gasteiger partial charge in [-0.1, -0.05) is 0 Å². The van der Waals surface area contributed by atoms with Gasteiger partial charge in [-0.2, -0.15) is 5.26 Å². The van der Waals surface area contributed by atoms with Gasteiger partial charge in [-0.25, -0.2) is 0 Å². The summed E-state index contributed by atoms with van der Waals surface area (Å²) >= 11 is 3.12. The summed E-state index contributed by atoms with van der Waals surface area (Å²) in [4.78, 5) is 11.7. The minimum absolute atomic E-state index is 0.269. The lowest BCUT2D eigenvalue weighted by Crippen LogP contribution is -2.35. The molecule has 1 amide bonds. The van der Waals surface area contributed by atoms with Crippen molar-refractivity contribution in [1.29, 1.82) is 5.26 Å². The topological polar surface area (TPSA) is 66.0 Å². The Hall–Kier alpha value is -1.28. The van der Waals surface area contributed by atoms with Crippen LogP contribution in [0.15, 0.2) is 21.4 Å². The molecule has 1 aromatic rings. The third kappa shape index (κ3) is 2.21. The third-order valence-corrected chi connectivity index (χ3v) is 3.00. The van der Waals surface area contributed by atoms with E-state index in [2.05, 4.69) is 27.3 Å². The van der Waals surface area contributed by atoms with Gasteiger partial charge >= 0.3 is 0 Å². The number of carbonyl (C=O) groups excluding carboxylic acids is 1. The zero-order chi connectivity index (χ0) is 10.8. The Morgan fingerprint density at radius 3 is 2.93 bits per heavy atom. The fourth-order valence-electron chi connectivity index (χ4n) is 1.36. The molecular weight excluding hydrogens is 260 g/mol. The number of halogens is 1. The lowest BCUT2D eigenvalue weighted by Gasteiger charge is -2.08. The number of hydrogen-bond donors (Lipinski definition) is 1. The standard InChI is InChI=1S/C10H9BrN2O2/c11-9-7(3-4-15-9)10(14)13-8(5-12)6-1-2-6/h3-4,6,8H,1-2H2,(H,13,14). The van der Waals surface area contributed by atoms with Gasteiger partial charge in [-0.15, -0.1) is 0 Å². The first-order valence-corrected chi connectivity index (χ1v) is 5.45. The molecule has 0 aromatic carbocycles. The number of hydrogen-bond acceptors (Lipinski definition) is 3. The number of rotatable bonds is 3. The van der Waals surface area contributed by atoms with Crippen molar-refractivity contribution in [1.82, 2.24) is 5.32 Å². The molecule has 5 heteroatoms. The number of nitrogens with one attached hydrogen (secondary N) is 1. The van der Waals surface area contributed by atoms with Crippen molar-refractivity contribution in [2.24, 2.45) is 5.92 Å². The van der Waals surface area contributed by atoms with E-state index in [9.17, 15) is 4.79 Å². The molecule has 1 aliphatic carbocycles. The first-order valence-electron chi connectivity index (χ1n) is 4.66. The van der Waals surface area contributed by atoms with Gasteiger partial charge in [0.2, 0.25) is 0 Å². The summed E-state index contributed by atoms with van der Waals surface area (Å²) in [7, 11) is 0. The van der Waals surface area contributed by atoms with Crippen LogP contribution in [0.5, 0.6) is 0 Å². The minimum atomic E-state index is -0.376. The second-order valence-corrected chi connectivity index (χ2v) is 4.25. The molecule has 0 aliphatic heterocycles. The van der Waals surface area contributed by atoms with E-state index in [-0.39, 0.29) is 11.9 Å². The molecule has 1 fully saturated rings. The fraction of sp³-hybridized carbons (Fsp3) is 0.400. The van der Waals surface area contributed by atoms with Gasteiger partial charge in [0, 0.05) is 0 Å². The molecule has 1 atom stereocenters. The number of furan rings is 1. The Kier molecular flexibility index (Phi) is 2.78. The Morgan fingerprint density at radius 1 is 1.73 bits per heavy atom. The smallest absolute Gasteiger partial charge is 0.256 e. The molecule has 15 heavy (non-hydrogen) atoms. The normalized spacial score (nSPS) is 16.8. The lowest BCUT2D eigenvalue weighted by molar-refractivity contribution is 0.0940. The van der Waals surface area contributed by atoms with E-state index in [1.165, 1.54) is 6.26 Å². The number of nitriles is 1. The second-order valence-electron chi connectivity index (χ2n) is 3.53. The van der Waals surface area contributed by atoms with Crippen LogP contribution >= 0.6 is 15.9 Å². The number of nitrogens with zero attached hydrogens (tertiary/aromatic N) is 1. The van der Waals surface area contributed by atoms with Crippen LogP contribution in [-0.2, 0) is 0 Å². The molecule has 1 saturated carbocycles. The van der Waals surface area contributed by atoms with Crippen LogP contribution in [0.25, 0.3) is 0 Å². The predicted octanol–water partition coefficient (Wildman–Crippen LogP) is 2.07. The highest BCUT2D eigenvalue weighted by Gasteiger charge is 2.32. The second kappa shape index (κ2) is 4.07. The summed E-state index contributed by atoms with van der Waals surface area (Å²) in [5.74, 6) is 0.0544. The molecule has 0 spiro atoms. The number of amides is 1. The minimum Gasteiger partial charge on any atom is -0.457 e. The highest BCUT2D eigenvalue weighted by molar-refractivity contribution is 9.10. The van der Waals surface area contributed by atoms with Gasteiger partial charge in [0.25, 0.3) is 5.91 Å². The van der Waals surface area contributed by atoms with Crippen molar-refractivity contribution < 1.29 is 9.21 Å². The van der Waals surface area contributed by atoms with Crippen LogP contribution in [0, 0.1) is 17.2 Å². The molecule has 1 aliphatic rings. The van der Waals surface area contributed by atoms with Crippen molar-refractivity contribution in [3.8, 4) is 6.07 Å².